The van der Waals surface area contributed by atoms with Gasteiger partial charge in [-0.3, -0.25) is 14.5 Å². The Kier molecular flexibility index (Phi) is 6.60. The highest BCUT2D eigenvalue weighted by Gasteiger charge is 2.28. The van der Waals surface area contributed by atoms with E-state index in [4.69, 9.17) is 11.6 Å². The van der Waals surface area contributed by atoms with Gasteiger partial charge in [0, 0.05) is 31.9 Å². The zero-order valence-corrected chi connectivity index (χ0v) is 18.2. The van der Waals surface area contributed by atoms with Crippen molar-refractivity contribution in [2.75, 3.05) is 31.5 Å². The first-order valence-electron chi connectivity index (χ1n) is 9.94. The van der Waals surface area contributed by atoms with Crippen LogP contribution >= 0.6 is 11.6 Å². The van der Waals surface area contributed by atoms with Crippen molar-refractivity contribution in [1.29, 1.82) is 0 Å². The van der Waals surface area contributed by atoms with Gasteiger partial charge in [-0.25, -0.2) is 0 Å². The molecule has 0 saturated carbocycles. The quantitative estimate of drug-likeness (QED) is 0.822. The number of carbonyl (C=O) groups excluding carboxylic acids is 2. The second-order valence-electron chi connectivity index (χ2n) is 7.75. The van der Waals surface area contributed by atoms with Gasteiger partial charge in [-0.05, 0) is 51.0 Å². The number of amides is 2. The summed E-state index contributed by atoms with van der Waals surface area (Å²) in [5.74, 6) is -0.0795. The van der Waals surface area contributed by atoms with E-state index in [1.807, 2.05) is 32.9 Å². The van der Waals surface area contributed by atoms with Gasteiger partial charge in [-0.15, -0.1) is 0 Å². The summed E-state index contributed by atoms with van der Waals surface area (Å²) < 4.78 is 0. The largest absolute Gasteiger partial charge is 0.336 e. The molecule has 0 radical (unpaired) electrons. The maximum Gasteiger partial charge on any atom is 0.255 e. The molecule has 0 bridgehead atoms. The number of halogens is 1. The molecule has 1 fully saturated rings. The number of rotatable bonds is 4. The molecule has 1 aliphatic heterocycles. The number of piperazine rings is 1. The van der Waals surface area contributed by atoms with Crippen LogP contribution in [0, 0.1) is 20.8 Å². The van der Waals surface area contributed by atoms with Gasteiger partial charge in [0.2, 0.25) is 5.91 Å². The van der Waals surface area contributed by atoms with Crippen LogP contribution in [0.2, 0.25) is 5.02 Å². The van der Waals surface area contributed by atoms with Crippen molar-refractivity contribution in [3.63, 3.8) is 0 Å². The summed E-state index contributed by atoms with van der Waals surface area (Å²) in [6.45, 7) is 10.4. The third kappa shape index (κ3) is 4.80. The van der Waals surface area contributed by atoms with E-state index in [0.717, 1.165) is 16.8 Å². The van der Waals surface area contributed by atoms with Crippen molar-refractivity contribution in [2.45, 2.75) is 33.7 Å². The Labute approximate surface area is 177 Å². The number of anilines is 1. The van der Waals surface area contributed by atoms with Crippen molar-refractivity contribution in [2.24, 2.45) is 0 Å². The molecule has 1 heterocycles. The SMILES string of the molecule is Cc1cc(C)c(NC(=O)[C@H](C)N2CCN(C(=O)c3ccccc3Cl)CC2)c(C)c1. The van der Waals surface area contributed by atoms with E-state index in [1.54, 1.807) is 17.0 Å². The molecule has 154 valence electrons. The van der Waals surface area contributed by atoms with Gasteiger partial charge >= 0.3 is 0 Å². The fourth-order valence-corrected chi connectivity index (χ4v) is 4.10. The highest BCUT2D eigenvalue weighted by Crippen LogP contribution is 2.23. The van der Waals surface area contributed by atoms with E-state index in [2.05, 4.69) is 29.3 Å². The van der Waals surface area contributed by atoms with Gasteiger partial charge < -0.3 is 10.2 Å². The minimum atomic E-state index is -0.271. The van der Waals surface area contributed by atoms with E-state index in [-0.39, 0.29) is 17.9 Å². The Balaban J connectivity index is 1.60. The summed E-state index contributed by atoms with van der Waals surface area (Å²) >= 11 is 6.16. The molecule has 0 unspecified atom stereocenters. The van der Waals surface area contributed by atoms with Crippen LogP contribution in [0.5, 0.6) is 0 Å². The molecule has 1 N–H and O–H groups in total. The second-order valence-corrected chi connectivity index (χ2v) is 8.15. The molecular formula is C23H28ClN3O2. The molecule has 1 atom stereocenters. The molecule has 6 heteroatoms. The van der Waals surface area contributed by atoms with Crippen LogP contribution < -0.4 is 5.32 Å². The van der Waals surface area contributed by atoms with Crippen LogP contribution in [0.25, 0.3) is 0 Å². The number of benzene rings is 2. The van der Waals surface area contributed by atoms with Gasteiger partial charge in [-0.1, -0.05) is 41.4 Å². The first-order valence-corrected chi connectivity index (χ1v) is 10.3. The Morgan fingerprint density at radius 3 is 2.17 bits per heavy atom. The van der Waals surface area contributed by atoms with Crippen molar-refractivity contribution in [1.82, 2.24) is 9.80 Å². The highest BCUT2D eigenvalue weighted by atomic mass is 35.5. The van der Waals surface area contributed by atoms with Crippen LogP contribution in [0.15, 0.2) is 36.4 Å². The standard InChI is InChI=1S/C23H28ClN3O2/c1-15-13-16(2)21(17(3)14-15)25-22(28)18(4)26-9-11-27(12-10-26)23(29)19-7-5-6-8-20(19)24/h5-8,13-14,18H,9-12H2,1-4H3,(H,25,28)/t18-/m0/s1. The van der Waals surface area contributed by atoms with Crippen molar-refractivity contribution >= 4 is 29.1 Å². The number of hydrogen-bond donors (Lipinski definition) is 1. The van der Waals surface area contributed by atoms with E-state index in [0.29, 0.717) is 36.8 Å². The predicted octanol–water partition coefficient (Wildman–Crippen LogP) is 4.05. The molecule has 2 aromatic rings. The fraction of sp³-hybridized carbons (Fsp3) is 0.391. The normalized spacial score (nSPS) is 15.8. The number of hydrogen-bond acceptors (Lipinski definition) is 3. The number of nitrogens with zero attached hydrogens (tertiary/aromatic N) is 2. The summed E-state index contributed by atoms with van der Waals surface area (Å²) in [6.07, 6.45) is 0. The molecule has 0 aliphatic carbocycles. The zero-order chi connectivity index (χ0) is 21.1. The van der Waals surface area contributed by atoms with Crippen molar-refractivity contribution in [3.05, 3.63) is 63.7 Å². The van der Waals surface area contributed by atoms with Gasteiger partial charge in [0.1, 0.15) is 0 Å². The topological polar surface area (TPSA) is 52.7 Å². The van der Waals surface area contributed by atoms with E-state index in [9.17, 15) is 9.59 Å². The monoisotopic (exact) mass is 413 g/mol. The molecular weight excluding hydrogens is 386 g/mol. The van der Waals surface area contributed by atoms with Crippen LogP contribution in [0.1, 0.15) is 34.0 Å². The predicted molar refractivity (Wildman–Crippen MR) is 118 cm³/mol. The average molecular weight is 414 g/mol. The molecule has 0 aromatic heterocycles. The summed E-state index contributed by atoms with van der Waals surface area (Å²) in [6, 6.07) is 11.0. The third-order valence-electron chi connectivity index (χ3n) is 5.56. The van der Waals surface area contributed by atoms with Crippen molar-refractivity contribution < 1.29 is 9.59 Å². The zero-order valence-electron chi connectivity index (χ0n) is 17.5. The lowest BCUT2D eigenvalue weighted by Crippen LogP contribution is -2.54. The summed E-state index contributed by atoms with van der Waals surface area (Å²) in [5.41, 5.74) is 4.74. The van der Waals surface area contributed by atoms with Crippen LogP contribution in [-0.2, 0) is 4.79 Å². The van der Waals surface area contributed by atoms with Crippen LogP contribution in [-0.4, -0.2) is 53.8 Å². The molecule has 3 rings (SSSR count). The molecule has 5 nitrogen and oxygen atoms in total. The first kappa shape index (κ1) is 21.3. The maximum atomic E-state index is 12.8. The van der Waals surface area contributed by atoms with Crippen LogP contribution in [0.3, 0.4) is 0 Å². The summed E-state index contributed by atoms with van der Waals surface area (Å²) in [7, 11) is 0. The lowest BCUT2D eigenvalue weighted by molar-refractivity contribution is -0.121. The second kappa shape index (κ2) is 8.97. The Bertz CT molecular complexity index is 897. The minimum absolute atomic E-state index is 0.0223. The Morgan fingerprint density at radius 1 is 1.00 bits per heavy atom. The average Bonchev–Trinajstić information content (AvgIpc) is 2.70. The molecule has 2 aromatic carbocycles. The highest BCUT2D eigenvalue weighted by molar-refractivity contribution is 6.33. The smallest absolute Gasteiger partial charge is 0.255 e. The molecule has 0 spiro atoms. The third-order valence-corrected chi connectivity index (χ3v) is 5.89. The fourth-order valence-electron chi connectivity index (χ4n) is 3.89. The van der Waals surface area contributed by atoms with E-state index in [1.165, 1.54) is 5.56 Å². The number of nitrogens with one attached hydrogen (secondary N) is 1. The first-order chi connectivity index (χ1) is 13.8. The minimum Gasteiger partial charge on any atom is -0.336 e. The molecule has 29 heavy (non-hydrogen) atoms. The maximum absolute atomic E-state index is 12.8. The van der Waals surface area contributed by atoms with Gasteiger partial charge in [-0.2, -0.15) is 0 Å². The van der Waals surface area contributed by atoms with Gasteiger partial charge in [0.05, 0.1) is 16.6 Å². The lowest BCUT2D eigenvalue weighted by atomic mass is 10.0. The van der Waals surface area contributed by atoms with Crippen molar-refractivity contribution in [3.8, 4) is 0 Å². The summed E-state index contributed by atoms with van der Waals surface area (Å²) in [4.78, 5) is 29.5. The van der Waals surface area contributed by atoms with Gasteiger partial charge in [0.25, 0.3) is 5.91 Å². The molecule has 1 saturated heterocycles. The number of carbonyl (C=O) groups is 2. The Morgan fingerprint density at radius 2 is 1.59 bits per heavy atom. The Hall–Kier alpha value is -2.37. The molecule has 2 amide bonds. The van der Waals surface area contributed by atoms with Gasteiger partial charge in [0.15, 0.2) is 0 Å². The van der Waals surface area contributed by atoms with E-state index >= 15 is 0 Å². The van der Waals surface area contributed by atoms with Crippen LogP contribution in [0.4, 0.5) is 5.69 Å². The van der Waals surface area contributed by atoms with E-state index < -0.39 is 0 Å². The summed E-state index contributed by atoms with van der Waals surface area (Å²) in [5, 5.41) is 3.56. The molecule has 1 aliphatic rings. The number of aryl methyl sites for hydroxylation is 3. The lowest BCUT2D eigenvalue weighted by Gasteiger charge is -2.37.